The van der Waals surface area contributed by atoms with Gasteiger partial charge in [-0.1, -0.05) is 6.07 Å². The van der Waals surface area contributed by atoms with Gasteiger partial charge in [-0.3, -0.25) is 4.98 Å². The fourth-order valence-electron chi connectivity index (χ4n) is 2.08. The van der Waals surface area contributed by atoms with E-state index in [1.165, 1.54) is 0 Å². The van der Waals surface area contributed by atoms with Crippen LogP contribution in [0, 0.1) is 0 Å². The summed E-state index contributed by atoms with van der Waals surface area (Å²) in [6, 6.07) is 14.6. The summed E-state index contributed by atoms with van der Waals surface area (Å²) >= 11 is 0. The molecule has 2 N–H and O–H groups in total. The summed E-state index contributed by atoms with van der Waals surface area (Å²) in [5.74, 6) is 1.01. The number of aromatic nitrogens is 1. The summed E-state index contributed by atoms with van der Waals surface area (Å²) < 4.78 is 5.31. The first-order valence-corrected chi connectivity index (χ1v) is 6.25. The predicted octanol–water partition coefficient (Wildman–Crippen LogP) is 4.11. The van der Waals surface area contributed by atoms with Crippen LogP contribution in [0.2, 0.25) is 0 Å². The number of hydrogen-bond donors (Lipinski definition) is 2. The predicted molar refractivity (Wildman–Crippen MR) is 86.9 cm³/mol. The Morgan fingerprint density at radius 2 is 1.86 bits per heavy atom. The van der Waals surface area contributed by atoms with Gasteiger partial charge >= 0.3 is 0 Å². The zero-order valence-corrected chi connectivity index (χ0v) is 12.2. The molecule has 2 aromatic carbocycles. The molecular formula is C16H15ClN2O2. The van der Waals surface area contributed by atoms with Crippen molar-refractivity contribution in [1.82, 2.24) is 4.98 Å². The largest absolute Gasteiger partial charge is 0.508 e. The molecule has 0 radical (unpaired) electrons. The Labute approximate surface area is 128 Å². The number of nitrogens with zero attached hydrogens (tertiary/aromatic N) is 1. The number of pyridine rings is 1. The lowest BCUT2D eigenvalue weighted by atomic mass is 10.1. The van der Waals surface area contributed by atoms with Gasteiger partial charge in [0.05, 0.1) is 18.3 Å². The van der Waals surface area contributed by atoms with Gasteiger partial charge in [-0.25, -0.2) is 0 Å². The van der Waals surface area contributed by atoms with E-state index in [2.05, 4.69) is 10.3 Å². The van der Waals surface area contributed by atoms with Crippen molar-refractivity contribution < 1.29 is 9.84 Å². The molecule has 0 atom stereocenters. The molecule has 4 nitrogen and oxygen atoms in total. The molecule has 0 spiro atoms. The van der Waals surface area contributed by atoms with Gasteiger partial charge in [-0.05, 0) is 36.4 Å². The van der Waals surface area contributed by atoms with Crippen molar-refractivity contribution in [2.45, 2.75) is 0 Å². The van der Waals surface area contributed by atoms with Gasteiger partial charge in [0.25, 0.3) is 0 Å². The van der Waals surface area contributed by atoms with Crippen LogP contribution in [0.25, 0.3) is 10.9 Å². The maximum absolute atomic E-state index is 9.32. The molecule has 0 amide bonds. The standard InChI is InChI=1S/C16H14N2O2.ClH/c1-20-14-9-11-3-2-8-17-16(11)15(10-14)18-12-4-6-13(19)7-5-12;/h2-10,18-19H,1H3;1H. The smallest absolute Gasteiger partial charge is 0.121 e. The van der Waals surface area contributed by atoms with Gasteiger partial charge < -0.3 is 15.2 Å². The number of hydrogen-bond acceptors (Lipinski definition) is 4. The number of phenols is 1. The summed E-state index contributed by atoms with van der Waals surface area (Å²) in [5.41, 5.74) is 2.62. The molecule has 0 aliphatic carbocycles. The molecule has 0 saturated heterocycles. The third kappa shape index (κ3) is 3.17. The number of phenolic OH excluding ortho intramolecular Hbond substituents is 1. The van der Waals surface area contributed by atoms with Crippen molar-refractivity contribution in [3.8, 4) is 11.5 Å². The number of nitrogens with one attached hydrogen (secondary N) is 1. The lowest BCUT2D eigenvalue weighted by Gasteiger charge is -2.11. The SMILES string of the molecule is COc1cc(Nc2ccc(O)cc2)c2ncccc2c1.Cl. The summed E-state index contributed by atoms with van der Waals surface area (Å²) in [7, 11) is 1.64. The van der Waals surface area contributed by atoms with Crippen molar-refractivity contribution in [1.29, 1.82) is 0 Å². The third-order valence-electron chi connectivity index (χ3n) is 3.06. The quantitative estimate of drug-likeness (QED) is 0.715. The molecule has 0 unspecified atom stereocenters. The van der Waals surface area contributed by atoms with Crippen LogP contribution in [0.1, 0.15) is 0 Å². The highest BCUT2D eigenvalue weighted by Gasteiger charge is 2.06. The van der Waals surface area contributed by atoms with Gasteiger partial charge in [-0.2, -0.15) is 0 Å². The molecule has 0 fully saturated rings. The summed E-state index contributed by atoms with van der Waals surface area (Å²) in [6.07, 6.45) is 1.76. The van der Waals surface area contributed by atoms with Gasteiger partial charge in [0.1, 0.15) is 11.5 Å². The molecule has 0 bridgehead atoms. The molecule has 0 aliphatic rings. The zero-order valence-electron chi connectivity index (χ0n) is 11.4. The monoisotopic (exact) mass is 302 g/mol. The van der Waals surface area contributed by atoms with E-state index in [-0.39, 0.29) is 18.2 Å². The normalized spacial score (nSPS) is 9.95. The lowest BCUT2D eigenvalue weighted by Crippen LogP contribution is -1.94. The van der Waals surface area contributed by atoms with Crippen LogP contribution < -0.4 is 10.1 Å². The van der Waals surface area contributed by atoms with Crippen molar-refractivity contribution >= 4 is 34.7 Å². The number of halogens is 1. The van der Waals surface area contributed by atoms with Crippen molar-refractivity contribution in [3.05, 3.63) is 54.7 Å². The maximum Gasteiger partial charge on any atom is 0.121 e. The van der Waals surface area contributed by atoms with E-state index in [9.17, 15) is 5.11 Å². The zero-order chi connectivity index (χ0) is 13.9. The third-order valence-corrected chi connectivity index (χ3v) is 3.06. The van der Waals surface area contributed by atoms with Crippen LogP contribution in [-0.2, 0) is 0 Å². The molecular weight excluding hydrogens is 288 g/mol. The summed E-state index contributed by atoms with van der Waals surface area (Å²) in [5, 5.41) is 13.6. The van der Waals surface area contributed by atoms with E-state index in [0.717, 1.165) is 28.0 Å². The number of benzene rings is 2. The minimum atomic E-state index is 0. The maximum atomic E-state index is 9.32. The minimum absolute atomic E-state index is 0. The van der Waals surface area contributed by atoms with Crippen molar-refractivity contribution in [3.63, 3.8) is 0 Å². The Morgan fingerprint density at radius 3 is 2.57 bits per heavy atom. The Morgan fingerprint density at radius 1 is 1.10 bits per heavy atom. The number of fused-ring (bicyclic) bond motifs is 1. The highest BCUT2D eigenvalue weighted by Crippen LogP contribution is 2.30. The highest BCUT2D eigenvalue weighted by molar-refractivity contribution is 5.93. The fraction of sp³-hybridized carbons (Fsp3) is 0.0625. The highest BCUT2D eigenvalue weighted by atomic mass is 35.5. The van der Waals surface area contributed by atoms with Crippen LogP contribution in [-0.4, -0.2) is 17.2 Å². The number of rotatable bonds is 3. The first-order chi connectivity index (χ1) is 9.76. The first kappa shape index (κ1) is 14.9. The second kappa shape index (κ2) is 6.33. The molecule has 3 aromatic rings. The molecule has 5 heteroatoms. The van der Waals surface area contributed by atoms with Crippen LogP contribution in [0.15, 0.2) is 54.7 Å². The van der Waals surface area contributed by atoms with E-state index in [1.54, 1.807) is 25.4 Å². The Hall–Kier alpha value is -2.46. The van der Waals surface area contributed by atoms with Gasteiger partial charge in [0.15, 0.2) is 0 Å². The second-order valence-corrected chi connectivity index (χ2v) is 4.42. The van der Waals surface area contributed by atoms with Gasteiger partial charge in [-0.15, -0.1) is 12.4 Å². The van der Waals surface area contributed by atoms with E-state index in [1.807, 2.05) is 36.4 Å². The average molecular weight is 303 g/mol. The molecule has 21 heavy (non-hydrogen) atoms. The fourth-order valence-corrected chi connectivity index (χ4v) is 2.08. The second-order valence-electron chi connectivity index (χ2n) is 4.42. The van der Waals surface area contributed by atoms with Crippen molar-refractivity contribution in [2.24, 2.45) is 0 Å². The van der Waals surface area contributed by atoms with E-state index in [4.69, 9.17) is 4.74 Å². The van der Waals surface area contributed by atoms with Crippen LogP contribution in [0.5, 0.6) is 11.5 Å². The topological polar surface area (TPSA) is 54.4 Å². The number of aromatic hydroxyl groups is 1. The van der Waals surface area contributed by atoms with E-state index >= 15 is 0 Å². The summed E-state index contributed by atoms with van der Waals surface area (Å²) in [4.78, 5) is 4.40. The molecule has 1 heterocycles. The molecule has 1 aromatic heterocycles. The van der Waals surface area contributed by atoms with Gasteiger partial charge in [0, 0.05) is 23.3 Å². The van der Waals surface area contributed by atoms with E-state index < -0.39 is 0 Å². The minimum Gasteiger partial charge on any atom is -0.508 e. The average Bonchev–Trinajstić information content (AvgIpc) is 2.49. The molecule has 3 rings (SSSR count). The summed E-state index contributed by atoms with van der Waals surface area (Å²) in [6.45, 7) is 0. The van der Waals surface area contributed by atoms with Crippen LogP contribution >= 0.6 is 12.4 Å². The molecule has 0 aliphatic heterocycles. The number of ether oxygens (including phenoxy) is 1. The van der Waals surface area contributed by atoms with E-state index in [0.29, 0.717) is 0 Å². The lowest BCUT2D eigenvalue weighted by molar-refractivity contribution is 0.415. The van der Waals surface area contributed by atoms with Crippen molar-refractivity contribution in [2.75, 3.05) is 12.4 Å². The Balaban J connectivity index is 0.00000161. The molecule has 0 saturated carbocycles. The molecule has 108 valence electrons. The Kier molecular flexibility index (Phi) is 4.50. The number of methoxy groups -OCH3 is 1. The van der Waals surface area contributed by atoms with Crippen LogP contribution in [0.3, 0.4) is 0 Å². The Bertz CT molecular complexity index is 745. The van der Waals surface area contributed by atoms with Crippen LogP contribution in [0.4, 0.5) is 11.4 Å². The first-order valence-electron chi connectivity index (χ1n) is 6.25. The number of anilines is 2. The van der Waals surface area contributed by atoms with Gasteiger partial charge in [0.2, 0.25) is 0 Å².